The van der Waals surface area contributed by atoms with Crippen molar-refractivity contribution in [1.29, 1.82) is 0 Å². The van der Waals surface area contributed by atoms with Gasteiger partial charge in [0.25, 0.3) is 5.91 Å². The van der Waals surface area contributed by atoms with Gasteiger partial charge in [-0.15, -0.1) is 0 Å². The summed E-state index contributed by atoms with van der Waals surface area (Å²) < 4.78 is 0.780. The van der Waals surface area contributed by atoms with Crippen LogP contribution in [0.3, 0.4) is 0 Å². The van der Waals surface area contributed by atoms with Crippen LogP contribution in [0.25, 0.3) is 0 Å². The molecule has 1 amide bonds. The fraction of sp³-hybridized carbons (Fsp3) is 0.417. The molecule has 5 heteroatoms. The van der Waals surface area contributed by atoms with Crippen molar-refractivity contribution in [2.75, 3.05) is 12.8 Å². The minimum Gasteiger partial charge on any atom is -0.351 e. The minimum absolute atomic E-state index is 0.0285. The molecule has 0 spiro atoms. The lowest BCUT2D eigenvalue weighted by atomic mass is 10.2. The zero-order valence-corrected chi connectivity index (χ0v) is 13.2. The van der Waals surface area contributed by atoms with Crippen molar-refractivity contribution < 1.29 is 4.79 Å². The predicted octanol–water partition coefficient (Wildman–Crippen LogP) is 3.97. The maximum absolute atomic E-state index is 12.0. The van der Waals surface area contributed by atoms with E-state index in [9.17, 15) is 4.79 Å². The molecule has 0 heterocycles. The first-order valence-electron chi connectivity index (χ1n) is 5.14. The van der Waals surface area contributed by atoms with E-state index in [1.165, 1.54) is 0 Å². The molecule has 94 valence electrons. The highest BCUT2D eigenvalue weighted by Crippen LogP contribution is 2.22. The second kappa shape index (κ2) is 6.12. The van der Waals surface area contributed by atoms with Gasteiger partial charge in [0.2, 0.25) is 0 Å². The van der Waals surface area contributed by atoms with E-state index in [2.05, 4.69) is 35.1 Å². The summed E-state index contributed by atoms with van der Waals surface area (Å²) in [5, 5.41) is 3.47. The Labute approximate surface area is 120 Å². The molecule has 0 bridgehead atoms. The molecule has 2 nitrogen and oxygen atoms in total. The Hall–Kier alpha value is -0.190. The number of amides is 1. The third kappa shape index (κ3) is 4.53. The Bertz CT molecular complexity index is 423. The van der Waals surface area contributed by atoms with Crippen LogP contribution in [0.2, 0.25) is 5.02 Å². The highest BCUT2D eigenvalue weighted by atomic mass is 79.9. The van der Waals surface area contributed by atoms with Gasteiger partial charge in [-0.1, -0.05) is 11.6 Å². The molecular weight excluding hydrogens is 322 g/mol. The quantitative estimate of drug-likeness (QED) is 0.901. The van der Waals surface area contributed by atoms with Crippen LogP contribution in [0.5, 0.6) is 0 Å². The van der Waals surface area contributed by atoms with E-state index >= 15 is 0 Å². The highest BCUT2D eigenvalue weighted by molar-refractivity contribution is 9.10. The van der Waals surface area contributed by atoms with E-state index < -0.39 is 0 Å². The molecule has 1 rings (SSSR count). The average molecular weight is 337 g/mol. The third-order valence-electron chi connectivity index (χ3n) is 2.40. The largest absolute Gasteiger partial charge is 0.351 e. The van der Waals surface area contributed by atoms with Crippen LogP contribution in [0.15, 0.2) is 22.7 Å². The average Bonchev–Trinajstić information content (AvgIpc) is 2.29. The van der Waals surface area contributed by atoms with E-state index in [0.29, 0.717) is 17.1 Å². The van der Waals surface area contributed by atoms with Gasteiger partial charge in [0.05, 0.1) is 5.56 Å². The first-order chi connectivity index (χ1) is 7.85. The summed E-state index contributed by atoms with van der Waals surface area (Å²) in [5.74, 6) is -0.110. The van der Waals surface area contributed by atoms with Gasteiger partial charge in [-0.2, -0.15) is 11.8 Å². The van der Waals surface area contributed by atoms with E-state index in [0.717, 1.165) is 4.47 Å². The standard InChI is InChI=1S/C12H15BrClNOS/c1-12(2,17-3)7-15-11(16)9-6-8(14)4-5-10(9)13/h4-6H,7H2,1-3H3,(H,15,16). The van der Waals surface area contributed by atoms with Gasteiger partial charge < -0.3 is 5.32 Å². The summed E-state index contributed by atoms with van der Waals surface area (Å²) in [6, 6.07) is 5.18. The summed E-state index contributed by atoms with van der Waals surface area (Å²) in [4.78, 5) is 12.0. The molecule has 1 aromatic carbocycles. The predicted molar refractivity (Wildman–Crippen MR) is 79.1 cm³/mol. The molecule has 1 aromatic rings. The molecule has 0 aliphatic heterocycles. The zero-order valence-electron chi connectivity index (χ0n) is 10.0. The van der Waals surface area contributed by atoms with E-state index in [4.69, 9.17) is 11.6 Å². The third-order valence-corrected chi connectivity index (χ3v) is 4.58. The van der Waals surface area contributed by atoms with E-state index in [1.807, 2.05) is 6.26 Å². The number of hydrogen-bond acceptors (Lipinski definition) is 2. The number of nitrogens with one attached hydrogen (secondary N) is 1. The Morgan fingerprint density at radius 2 is 2.18 bits per heavy atom. The number of halogens is 2. The topological polar surface area (TPSA) is 29.1 Å². The molecular formula is C12H15BrClNOS. The maximum Gasteiger partial charge on any atom is 0.252 e. The lowest BCUT2D eigenvalue weighted by Gasteiger charge is -2.22. The van der Waals surface area contributed by atoms with Gasteiger partial charge in [-0.3, -0.25) is 4.79 Å². The van der Waals surface area contributed by atoms with Crippen LogP contribution in [0.1, 0.15) is 24.2 Å². The van der Waals surface area contributed by atoms with Crippen molar-refractivity contribution in [3.8, 4) is 0 Å². The van der Waals surface area contributed by atoms with Gasteiger partial charge in [-0.25, -0.2) is 0 Å². The molecule has 0 unspecified atom stereocenters. The van der Waals surface area contributed by atoms with Crippen molar-refractivity contribution in [1.82, 2.24) is 5.32 Å². The molecule has 0 aromatic heterocycles. The molecule has 0 aliphatic carbocycles. The second-order valence-electron chi connectivity index (χ2n) is 4.27. The molecule has 0 radical (unpaired) electrons. The van der Waals surface area contributed by atoms with Crippen LogP contribution in [0, 0.1) is 0 Å². The molecule has 0 saturated carbocycles. The van der Waals surface area contributed by atoms with Crippen molar-refractivity contribution >= 4 is 45.2 Å². The lowest BCUT2D eigenvalue weighted by Crippen LogP contribution is -2.36. The summed E-state index contributed by atoms with van der Waals surface area (Å²) in [6.07, 6.45) is 2.03. The van der Waals surface area contributed by atoms with E-state index in [1.54, 1.807) is 30.0 Å². The molecule has 1 N–H and O–H groups in total. The van der Waals surface area contributed by atoms with Crippen molar-refractivity contribution in [2.24, 2.45) is 0 Å². The van der Waals surface area contributed by atoms with Gasteiger partial charge in [0.1, 0.15) is 0 Å². The molecule has 0 saturated heterocycles. The van der Waals surface area contributed by atoms with Crippen LogP contribution < -0.4 is 5.32 Å². The van der Waals surface area contributed by atoms with Crippen LogP contribution in [-0.4, -0.2) is 23.5 Å². The minimum atomic E-state index is -0.110. The lowest BCUT2D eigenvalue weighted by molar-refractivity contribution is 0.0950. The Morgan fingerprint density at radius 1 is 1.53 bits per heavy atom. The number of carbonyl (C=O) groups is 1. The summed E-state index contributed by atoms with van der Waals surface area (Å²) in [6.45, 7) is 4.79. The first-order valence-corrected chi connectivity index (χ1v) is 7.54. The van der Waals surface area contributed by atoms with Crippen molar-refractivity contribution in [2.45, 2.75) is 18.6 Å². The van der Waals surface area contributed by atoms with Gasteiger partial charge >= 0.3 is 0 Å². The zero-order chi connectivity index (χ0) is 13.1. The number of carbonyl (C=O) groups excluding carboxylic acids is 1. The Kier molecular flexibility index (Phi) is 5.35. The smallest absolute Gasteiger partial charge is 0.252 e. The normalized spacial score (nSPS) is 11.4. The van der Waals surface area contributed by atoms with Crippen LogP contribution in [0.4, 0.5) is 0 Å². The first kappa shape index (κ1) is 14.9. The fourth-order valence-electron chi connectivity index (χ4n) is 1.13. The molecule has 0 fully saturated rings. The maximum atomic E-state index is 12.0. The summed E-state index contributed by atoms with van der Waals surface area (Å²) >= 11 is 10.9. The van der Waals surface area contributed by atoms with E-state index in [-0.39, 0.29) is 10.7 Å². The molecule has 0 aliphatic rings. The van der Waals surface area contributed by atoms with Crippen LogP contribution >= 0.6 is 39.3 Å². The number of thioether (sulfide) groups is 1. The Morgan fingerprint density at radius 3 is 2.76 bits per heavy atom. The summed E-state index contributed by atoms with van der Waals surface area (Å²) in [7, 11) is 0. The highest BCUT2D eigenvalue weighted by Gasteiger charge is 2.18. The summed E-state index contributed by atoms with van der Waals surface area (Å²) in [5.41, 5.74) is 0.564. The Balaban J connectivity index is 2.74. The molecule has 17 heavy (non-hydrogen) atoms. The van der Waals surface area contributed by atoms with Crippen molar-refractivity contribution in [3.63, 3.8) is 0 Å². The number of hydrogen-bond donors (Lipinski definition) is 1. The fourth-order valence-corrected chi connectivity index (χ4v) is 1.95. The van der Waals surface area contributed by atoms with Gasteiger partial charge in [0.15, 0.2) is 0 Å². The SMILES string of the molecule is CSC(C)(C)CNC(=O)c1cc(Cl)ccc1Br. The van der Waals surface area contributed by atoms with Gasteiger partial charge in [0, 0.05) is 20.8 Å². The molecule has 0 atom stereocenters. The number of benzene rings is 1. The van der Waals surface area contributed by atoms with Crippen molar-refractivity contribution in [3.05, 3.63) is 33.3 Å². The number of rotatable bonds is 4. The monoisotopic (exact) mass is 335 g/mol. The second-order valence-corrected chi connectivity index (χ2v) is 7.07. The van der Waals surface area contributed by atoms with Crippen LogP contribution in [-0.2, 0) is 0 Å². The van der Waals surface area contributed by atoms with Gasteiger partial charge in [-0.05, 0) is 54.2 Å².